The average molecular weight is 307 g/mol. The van der Waals surface area contributed by atoms with E-state index in [4.69, 9.17) is 0 Å². The molecule has 1 fully saturated rings. The van der Waals surface area contributed by atoms with Gasteiger partial charge in [0.1, 0.15) is 5.82 Å². The number of para-hydroxylation sites is 2. The van der Waals surface area contributed by atoms with Crippen LogP contribution in [0, 0.1) is 5.92 Å². The van der Waals surface area contributed by atoms with E-state index in [1.54, 1.807) is 0 Å². The zero-order chi connectivity index (χ0) is 15.0. The van der Waals surface area contributed by atoms with Gasteiger partial charge in [-0.2, -0.15) is 0 Å². The largest absolute Gasteiger partial charge is 0.346 e. The molecular weight excluding hydrogens is 290 g/mol. The molecule has 21 heavy (non-hydrogen) atoms. The van der Waals surface area contributed by atoms with E-state index in [1.165, 1.54) is 0 Å². The lowest BCUT2D eigenvalue weighted by Gasteiger charge is -2.14. The summed E-state index contributed by atoms with van der Waals surface area (Å²) in [7, 11) is -3.05. The second-order valence-corrected chi connectivity index (χ2v) is 7.70. The highest BCUT2D eigenvalue weighted by Gasteiger charge is 2.33. The molecule has 1 aromatic heterocycles. The normalized spacial score (nSPS) is 22.2. The highest BCUT2D eigenvalue weighted by Crippen LogP contribution is 2.20. The lowest BCUT2D eigenvalue weighted by Crippen LogP contribution is -2.33. The number of H-pyrrole nitrogens is 1. The Labute approximate surface area is 122 Å². The fourth-order valence-corrected chi connectivity index (χ4v) is 4.32. The van der Waals surface area contributed by atoms with Crippen molar-refractivity contribution in [3.63, 3.8) is 0 Å². The Balaban J connectivity index is 1.71. The predicted octanol–water partition coefficient (Wildman–Crippen LogP) is 1.17. The van der Waals surface area contributed by atoms with Crippen molar-refractivity contribution in [2.75, 3.05) is 11.5 Å². The third kappa shape index (κ3) is 2.92. The van der Waals surface area contributed by atoms with Crippen LogP contribution in [0.4, 0.5) is 0 Å². The summed E-state index contributed by atoms with van der Waals surface area (Å²) in [4.78, 5) is 19.7. The van der Waals surface area contributed by atoms with E-state index in [0.29, 0.717) is 12.2 Å². The molecule has 1 saturated heterocycles. The highest BCUT2D eigenvalue weighted by molar-refractivity contribution is 7.91. The monoisotopic (exact) mass is 307 g/mol. The number of nitrogens with one attached hydrogen (secondary N) is 2. The molecule has 7 heteroatoms. The third-order valence-electron chi connectivity index (χ3n) is 3.78. The number of hydrogen-bond acceptors (Lipinski definition) is 4. The van der Waals surface area contributed by atoms with Gasteiger partial charge in [0.15, 0.2) is 9.84 Å². The number of aromatic amines is 1. The van der Waals surface area contributed by atoms with Crippen molar-refractivity contribution in [3.8, 4) is 0 Å². The number of rotatable bonds is 3. The number of hydrogen-bond donors (Lipinski definition) is 2. The topological polar surface area (TPSA) is 91.9 Å². The summed E-state index contributed by atoms with van der Waals surface area (Å²) in [5.74, 6) is 0.0618. The standard InChI is InChI=1S/C14H17N3O3S/c1-9(13-16-11-4-2-3-5-12(11)17-13)15-14(18)10-6-7-21(19,20)8-10/h2-5,9-10H,6-8H2,1H3,(H,15,18)(H,16,17)/t9-,10?/m0/s1. The molecule has 2 aromatic rings. The summed E-state index contributed by atoms with van der Waals surface area (Å²) in [6.07, 6.45) is 0.404. The van der Waals surface area contributed by atoms with Crippen LogP contribution < -0.4 is 5.32 Å². The van der Waals surface area contributed by atoms with Gasteiger partial charge < -0.3 is 10.3 Å². The van der Waals surface area contributed by atoms with Crippen LogP contribution in [0.2, 0.25) is 0 Å². The van der Waals surface area contributed by atoms with Gasteiger partial charge in [0.25, 0.3) is 0 Å². The first-order valence-corrected chi connectivity index (χ1v) is 8.72. The Hall–Kier alpha value is -1.89. The smallest absolute Gasteiger partial charge is 0.224 e. The zero-order valence-electron chi connectivity index (χ0n) is 11.7. The molecular formula is C14H17N3O3S. The van der Waals surface area contributed by atoms with Crippen molar-refractivity contribution in [2.45, 2.75) is 19.4 Å². The fraction of sp³-hybridized carbons (Fsp3) is 0.429. The van der Waals surface area contributed by atoms with Gasteiger partial charge in [-0.15, -0.1) is 0 Å². The minimum absolute atomic E-state index is 0.0499. The number of aromatic nitrogens is 2. The number of imidazole rings is 1. The fourth-order valence-electron chi connectivity index (χ4n) is 2.58. The maximum Gasteiger partial charge on any atom is 0.224 e. The van der Waals surface area contributed by atoms with Gasteiger partial charge in [-0.25, -0.2) is 13.4 Å². The van der Waals surface area contributed by atoms with Gasteiger partial charge in [-0.05, 0) is 25.5 Å². The first-order valence-electron chi connectivity index (χ1n) is 6.90. The van der Waals surface area contributed by atoms with E-state index >= 15 is 0 Å². The van der Waals surface area contributed by atoms with Gasteiger partial charge in [-0.1, -0.05) is 12.1 Å². The predicted molar refractivity (Wildman–Crippen MR) is 79.4 cm³/mol. The van der Waals surface area contributed by atoms with Crippen molar-refractivity contribution in [2.24, 2.45) is 5.92 Å². The van der Waals surface area contributed by atoms with Crippen LogP contribution in [0.25, 0.3) is 11.0 Å². The number of carbonyl (C=O) groups is 1. The van der Waals surface area contributed by atoms with Crippen molar-refractivity contribution in [3.05, 3.63) is 30.1 Å². The van der Waals surface area contributed by atoms with Gasteiger partial charge in [0.2, 0.25) is 5.91 Å². The molecule has 0 radical (unpaired) electrons. The lowest BCUT2D eigenvalue weighted by molar-refractivity contribution is -0.124. The highest BCUT2D eigenvalue weighted by atomic mass is 32.2. The van der Waals surface area contributed by atoms with E-state index in [0.717, 1.165) is 11.0 Å². The van der Waals surface area contributed by atoms with Crippen molar-refractivity contribution >= 4 is 26.8 Å². The molecule has 1 amide bonds. The van der Waals surface area contributed by atoms with E-state index < -0.39 is 15.8 Å². The van der Waals surface area contributed by atoms with Crippen LogP contribution in [0.3, 0.4) is 0 Å². The number of carbonyl (C=O) groups excluding carboxylic acids is 1. The number of amides is 1. The molecule has 0 bridgehead atoms. The van der Waals surface area contributed by atoms with E-state index in [2.05, 4.69) is 15.3 Å². The molecule has 112 valence electrons. The first-order chi connectivity index (χ1) is 9.94. The Kier molecular flexibility index (Phi) is 3.44. The Morgan fingerprint density at radius 2 is 2.19 bits per heavy atom. The summed E-state index contributed by atoms with van der Waals surface area (Å²) in [6, 6.07) is 7.35. The van der Waals surface area contributed by atoms with E-state index in [-0.39, 0.29) is 23.5 Å². The Morgan fingerprint density at radius 1 is 1.43 bits per heavy atom. The van der Waals surface area contributed by atoms with Gasteiger partial charge in [0, 0.05) is 0 Å². The van der Waals surface area contributed by atoms with Crippen LogP contribution in [0.15, 0.2) is 24.3 Å². The average Bonchev–Trinajstić information content (AvgIpc) is 3.01. The summed E-state index contributed by atoms with van der Waals surface area (Å²) in [6.45, 7) is 1.83. The van der Waals surface area contributed by atoms with Crippen molar-refractivity contribution in [1.82, 2.24) is 15.3 Å². The lowest BCUT2D eigenvalue weighted by atomic mass is 10.1. The molecule has 1 aliphatic rings. The number of fused-ring (bicyclic) bond motifs is 1. The molecule has 0 spiro atoms. The van der Waals surface area contributed by atoms with E-state index in [1.807, 2.05) is 31.2 Å². The Morgan fingerprint density at radius 3 is 2.86 bits per heavy atom. The minimum atomic E-state index is -3.05. The van der Waals surface area contributed by atoms with Crippen LogP contribution in [0.1, 0.15) is 25.2 Å². The number of nitrogens with zero attached hydrogens (tertiary/aromatic N) is 1. The molecule has 1 aromatic carbocycles. The molecule has 1 unspecified atom stereocenters. The number of benzene rings is 1. The van der Waals surface area contributed by atoms with Crippen molar-refractivity contribution in [1.29, 1.82) is 0 Å². The molecule has 0 aliphatic carbocycles. The Bertz CT molecular complexity index is 749. The molecule has 0 saturated carbocycles. The van der Waals surface area contributed by atoms with Crippen LogP contribution in [-0.4, -0.2) is 35.8 Å². The van der Waals surface area contributed by atoms with Gasteiger partial charge in [0.05, 0.1) is 34.5 Å². The third-order valence-corrected chi connectivity index (χ3v) is 5.55. The summed E-state index contributed by atoms with van der Waals surface area (Å²) >= 11 is 0. The summed E-state index contributed by atoms with van der Waals surface area (Å²) in [5.41, 5.74) is 1.76. The second kappa shape index (κ2) is 5.14. The molecule has 1 aliphatic heterocycles. The SMILES string of the molecule is C[C@H](NC(=O)C1CCS(=O)(=O)C1)c1nc2ccccc2[nH]1. The maximum absolute atomic E-state index is 12.1. The summed E-state index contributed by atoms with van der Waals surface area (Å²) < 4.78 is 22.8. The first kappa shape index (κ1) is 14.1. The van der Waals surface area contributed by atoms with Crippen molar-refractivity contribution < 1.29 is 13.2 Å². The molecule has 6 nitrogen and oxygen atoms in total. The van der Waals surface area contributed by atoms with Crippen LogP contribution in [0.5, 0.6) is 0 Å². The van der Waals surface area contributed by atoms with E-state index in [9.17, 15) is 13.2 Å². The zero-order valence-corrected chi connectivity index (χ0v) is 12.5. The molecule has 2 N–H and O–H groups in total. The van der Waals surface area contributed by atoms with Gasteiger partial charge >= 0.3 is 0 Å². The molecule has 3 rings (SSSR count). The van der Waals surface area contributed by atoms with Gasteiger partial charge in [-0.3, -0.25) is 4.79 Å². The summed E-state index contributed by atoms with van der Waals surface area (Å²) in [5, 5.41) is 2.84. The molecule has 2 atom stereocenters. The van der Waals surface area contributed by atoms with Crippen LogP contribution >= 0.6 is 0 Å². The minimum Gasteiger partial charge on any atom is -0.346 e. The van der Waals surface area contributed by atoms with Crippen LogP contribution in [-0.2, 0) is 14.6 Å². The second-order valence-electron chi connectivity index (χ2n) is 5.47. The number of sulfone groups is 1. The quantitative estimate of drug-likeness (QED) is 0.890. The molecule has 2 heterocycles. The maximum atomic E-state index is 12.1.